The predicted octanol–water partition coefficient (Wildman–Crippen LogP) is 1.44. The summed E-state index contributed by atoms with van der Waals surface area (Å²) in [5.41, 5.74) is 0.916. The van der Waals surface area contributed by atoms with Crippen LogP contribution in [0.25, 0.3) is 0 Å². The van der Waals surface area contributed by atoms with E-state index in [1.807, 2.05) is 25.1 Å². The molecule has 0 aromatic heterocycles. The molecule has 1 aromatic carbocycles. The van der Waals surface area contributed by atoms with E-state index >= 15 is 0 Å². The number of benzene rings is 1. The van der Waals surface area contributed by atoms with Crippen molar-refractivity contribution in [3.63, 3.8) is 0 Å². The van der Waals surface area contributed by atoms with Crippen LogP contribution in [0.5, 0.6) is 5.75 Å². The molecule has 1 fully saturated rings. The first-order chi connectivity index (χ1) is 6.77. The molecule has 14 heavy (non-hydrogen) atoms. The Labute approximate surface area is 83.7 Å². The molecule has 3 nitrogen and oxygen atoms in total. The molecule has 0 amide bonds. The van der Waals surface area contributed by atoms with Crippen molar-refractivity contribution >= 4 is 0 Å². The summed E-state index contributed by atoms with van der Waals surface area (Å²) in [5.74, 6) is 0.336. The Morgan fingerprint density at radius 2 is 2.21 bits per heavy atom. The van der Waals surface area contributed by atoms with Gasteiger partial charge in [0, 0.05) is 12.1 Å². The van der Waals surface area contributed by atoms with Crippen molar-refractivity contribution in [2.24, 2.45) is 0 Å². The first-order valence-electron chi connectivity index (χ1n) is 4.90. The molecule has 0 spiro atoms. The molecular weight excluding hydrogens is 178 g/mol. The van der Waals surface area contributed by atoms with Gasteiger partial charge in [0.2, 0.25) is 0 Å². The highest BCUT2D eigenvalue weighted by molar-refractivity contribution is 5.34. The van der Waals surface area contributed by atoms with E-state index in [9.17, 15) is 5.11 Å². The molecule has 2 N–H and O–H groups in total. The normalized spacial score (nSPS) is 27.5. The summed E-state index contributed by atoms with van der Waals surface area (Å²) in [5, 5.41) is 13.0. The topological polar surface area (TPSA) is 41.5 Å². The lowest BCUT2D eigenvalue weighted by Gasteiger charge is -2.28. The molecule has 0 saturated carbocycles. The van der Waals surface area contributed by atoms with E-state index in [0.717, 1.165) is 12.1 Å². The fourth-order valence-corrected chi connectivity index (χ4v) is 1.67. The molecule has 1 aliphatic rings. The van der Waals surface area contributed by atoms with E-state index < -0.39 is 0 Å². The average molecular weight is 193 g/mol. The van der Waals surface area contributed by atoms with E-state index in [2.05, 4.69) is 5.32 Å². The molecule has 2 unspecified atom stereocenters. The maximum Gasteiger partial charge on any atom is 0.120 e. The Morgan fingerprint density at radius 3 is 2.86 bits per heavy atom. The minimum Gasteiger partial charge on any atom is -0.508 e. The molecule has 1 saturated heterocycles. The number of nitrogens with one attached hydrogen (secondary N) is 1. The Bertz CT molecular complexity index is 306. The highest BCUT2D eigenvalue weighted by atomic mass is 16.5. The number of para-hydroxylation sites is 1. The van der Waals surface area contributed by atoms with Gasteiger partial charge in [0.05, 0.1) is 18.8 Å². The number of phenolic OH excluding ortho intramolecular Hbond substituents is 1. The standard InChI is InChI=1S/C11H15NO2/c1-8-6-12-10(7-14-8)9-4-2-3-5-11(9)13/h2-5,8,10,12-13H,6-7H2,1H3. The SMILES string of the molecule is CC1CNC(c2ccccc2O)CO1. The van der Waals surface area contributed by atoms with Gasteiger partial charge in [-0.2, -0.15) is 0 Å². The van der Waals surface area contributed by atoms with Gasteiger partial charge in [-0.15, -0.1) is 0 Å². The van der Waals surface area contributed by atoms with Crippen LogP contribution < -0.4 is 5.32 Å². The summed E-state index contributed by atoms with van der Waals surface area (Å²) in [6.07, 6.45) is 0.261. The zero-order valence-corrected chi connectivity index (χ0v) is 8.23. The molecule has 3 heteroatoms. The van der Waals surface area contributed by atoms with E-state index in [1.54, 1.807) is 6.07 Å². The number of rotatable bonds is 1. The molecule has 1 heterocycles. The third kappa shape index (κ3) is 1.89. The molecule has 1 aliphatic heterocycles. The van der Waals surface area contributed by atoms with Crippen molar-refractivity contribution in [1.82, 2.24) is 5.32 Å². The first-order valence-corrected chi connectivity index (χ1v) is 4.90. The van der Waals surface area contributed by atoms with Crippen LogP contribution in [0.2, 0.25) is 0 Å². The Hall–Kier alpha value is -1.06. The number of hydrogen-bond acceptors (Lipinski definition) is 3. The molecule has 1 aromatic rings. The van der Waals surface area contributed by atoms with Crippen molar-refractivity contribution in [2.45, 2.75) is 19.1 Å². The van der Waals surface area contributed by atoms with Gasteiger partial charge in [-0.3, -0.25) is 0 Å². The van der Waals surface area contributed by atoms with Gasteiger partial charge in [0.1, 0.15) is 5.75 Å². The second-order valence-corrected chi connectivity index (χ2v) is 3.66. The van der Waals surface area contributed by atoms with Crippen LogP contribution in [0.15, 0.2) is 24.3 Å². The summed E-state index contributed by atoms with van der Waals surface area (Å²) in [4.78, 5) is 0. The molecule has 0 bridgehead atoms. The van der Waals surface area contributed by atoms with Crippen LogP contribution in [0, 0.1) is 0 Å². The zero-order valence-electron chi connectivity index (χ0n) is 8.23. The summed E-state index contributed by atoms with van der Waals surface area (Å²) >= 11 is 0. The smallest absolute Gasteiger partial charge is 0.120 e. The van der Waals surface area contributed by atoms with Crippen LogP contribution in [0.3, 0.4) is 0 Å². The first kappa shape index (κ1) is 9.49. The van der Waals surface area contributed by atoms with Gasteiger partial charge >= 0.3 is 0 Å². The van der Waals surface area contributed by atoms with Crippen molar-refractivity contribution in [1.29, 1.82) is 0 Å². The van der Waals surface area contributed by atoms with Crippen molar-refractivity contribution in [3.8, 4) is 5.75 Å². The number of phenols is 1. The van der Waals surface area contributed by atoms with Gasteiger partial charge in [0.25, 0.3) is 0 Å². The lowest BCUT2D eigenvalue weighted by molar-refractivity contribution is 0.0144. The van der Waals surface area contributed by atoms with Crippen molar-refractivity contribution < 1.29 is 9.84 Å². The molecule has 76 valence electrons. The van der Waals surface area contributed by atoms with E-state index in [4.69, 9.17) is 4.74 Å². The fraction of sp³-hybridized carbons (Fsp3) is 0.455. The highest BCUT2D eigenvalue weighted by Crippen LogP contribution is 2.25. The lowest BCUT2D eigenvalue weighted by atomic mass is 10.1. The van der Waals surface area contributed by atoms with Crippen LogP contribution in [0.1, 0.15) is 18.5 Å². The largest absolute Gasteiger partial charge is 0.508 e. The Kier molecular flexibility index (Phi) is 2.70. The molecule has 2 atom stereocenters. The summed E-state index contributed by atoms with van der Waals surface area (Å²) in [6.45, 7) is 3.49. The van der Waals surface area contributed by atoms with E-state index in [0.29, 0.717) is 12.4 Å². The zero-order chi connectivity index (χ0) is 9.97. The number of hydrogen-bond donors (Lipinski definition) is 2. The van der Waals surface area contributed by atoms with Gasteiger partial charge in [-0.1, -0.05) is 18.2 Å². The molecule has 0 radical (unpaired) electrons. The average Bonchev–Trinajstić information content (AvgIpc) is 2.20. The lowest BCUT2D eigenvalue weighted by Crippen LogP contribution is -2.39. The quantitative estimate of drug-likeness (QED) is 0.709. The summed E-state index contributed by atoms with van der Waals surface area (Å²) in [7, 11) is 0. The minimum atomic E-state index is 0.118. The number of aromatic hydroxyl groups is 1. The van der Waals surface area contributed by atoms with Crippen LogP contribution in [0.4, 0.5) is 0 Å². The molecule has 2 rings (SSSR count). The minimum absolute atomic E-state index is 0.118. The Balaban J connectivity index is 2.12. The number of morpholine rings is 1. The van der Waals surface area contributed by atoms with Gasteiger partial charge < -0.3 is 15.2 Å². The predicted molar refractivity (Wildman–Crippen MR) is 54.3 cm³/mol. The van der Waals surface area contributed by atoms with E-state index in [-0.39, 0.29) is 12.1 Å². The van der Waals surface area contributed by atoms with Crippen LogP contribution in [-0.2, 0) is 4.74 Å². The Morgan fingerprint density at radius 1 is 1.43 bits per heavy atom. The maximum atomic E-state index is 9.63. The van der Waals surface area contributed by atoms with E-state index in [1.165, 1.54) is 0 Å². The summed E-state index contributed by atoms with van der Waals surface area (Å²) in [6, 6.07) is 7.49. The van der Waals surface area contributed by atoms with Crippen molar-refractivity contribution in [3.05, 3.63) is 29.8 Å². The fourth-order valence-electron chi connectivity index (χ4n) is 1.67. The second-order valence-electron chi connectivity index (χ2n) is 3.66. The second kappa shape index (κ2) is 3.98. The number of ether oxygens (including phenoxy) is 1. The summed E-state index contributed by atoms with van der Waals surface area (Å²) < 4.78 is 5.53. The van der Waals surface area contributed by atoms with Gasteiger partial charge in [-0.25, -0.2) is 0 Å². The highest BCUT2D eigenvalue weighted by Gasteiger charge is 2.20. The maximum absolute atomic E-state index is 9.63. The molecular formula is C11H15NO2. The third-order valence-corrected chi connectivity index (χ3v) is 2.51. The van der Waals surface area contributed by atoms with Crippen LogP contribution >= 0.6 is 0 Å². The van der Waals surface area contributed by atoms with Crippen molar-refractivity contribution in [2.75, 3.05) is 13.2 Å². The van der Waals surface area contributed by atoms with Gasteiger partial charge in [-0.05, 0) is 13.0 Å². The monoisotopic (exact) mass is 193 g/mol. The van der Waals surface area contributed by atoms with Crippen LogP contribution in [-0.4, -0.2) is 24.4 Å². The van der Waals surface area contributed by atoms with Gasteiger partial charge in [0.15, 0.2) is 0 Å². The third-order valence-electron chi connectivity index (χ3n) is 2.51. The molecule has 0 aliphatic carbocycles.